The number of carbonyl (C=O) groups is 2. The molecular weight excluding hydrogens is 398 g/mol. The largest absolute Gasteiger partial charge is 0.411 e. The number of aromatic nitrogens is 2. The summed E-state index contributed by atoms with van der Waals surface area (Å²) in [5.74, 6) is 0.310. The van der Waals surface area contributed by atoms with E-state index in [2.05, 4.69) is 15.5 Å². The number of Topliss-reactive ketones (excluding diaryl/α,β-unsaturated/α-hetero) is 1. The number of nitrogens with one attached hydrogen (secondary N) is 1. The summed E-state index contributed by atoms with van der Waals surface area (Å²) in [4.78, 5) is 24.9. The molecule has 3 aromatic rings. The zero-order valence-electron chi connectivity index (χ0n) is 17.7. The Balaban J connectivity index is 1.65. The van der Waals surface area contributed by atoms with Crippen molar-refractivity contribution in [3.63, 3.8) is 0 Å². The van der Waals surface area contributed by atoms with E-state index in [1.165, 1.54) is 11.8 Å². The van der Waals surface area contributed by atoms with Crippen LogP contribution in [0.1, 0.15) is 43.6 Å². The number of aryl methyl sites for hydroxylation is 1. The average molecular weight is 424 g/mol. The molecule has 0 aliphatic carbocycles. The van der Waals surface area contributed by atoms with Crippen molar-refractivity contribution in [1.82, 2.24) is 10.2 Å². The van der Waals surface area contributed by atoms with E-state index >= 15 is 0 Å². The quantitative estimate of drug-likeness (QED) is 0.422. The summed E-state index contributed by atoms with van der Waals surface area (Å²) < 4.78 is 5.74. The van der Waals surface area contributed by atoms with Crippen LogP contribution >= 0.6 is 11.8 Å². The Bertz CT molecular complexity index is 1050. The van der Waals surface area contributed by atoms with E-state index in [1.807, 2.05) is 52.0 Å². The topological polar surface area (TPSA) is 85.1 Å². The van der Waals surface area contributed by atoms with E-state index in [0.29, 0.717) is 22.4 Å². The molecule has 1 N–H and O–H groups in total. The Morgan fingerprint density at radius 3 is 2.33 bits per heavy atom. The first kappa shape index (κ1) is 21.8. The van der Waals surface area contributed by atoms with Crippen LogP contribution in [0.15, 0.2) is 58.2 Å². The second-order valence-corrected chi connectivity index (χ2v) is 9.39. The van der Waals surface area contributed by atoms with Crippen molar-refractivity contribution >= 4 is 29.1 Å². The van der Waals surface area contributed by atoms with Gasteiger partial charge in [0.1, 0.15) is 0 Å². The van der Waals surface area contributed by atoms with Crippen molar-refractivity contribution < 1.29 is 14.0 Å². The van der Waals surface area contributed by atoms with Crippen molar-refractivity contribution in [3.05, 3.63) is 59.7 Å². The minimum absolute atomic E-state index is 0.0515. The first-order valence-corrected chi connectivity index (χ1v) is 10.5. The van der Waals surface area contributed by atoms with Gasteiger partial charge in [-0.25, -0.2) is 0 Å². The van der Waals surface area contributed by atoms with E-state index in [9.17, 15) is 9.59 Å². The van der Waals surface area contributed by atoms with Crippen LogP contribution in [-0.2, 0) is 4.79 Å². The lowest BCUT2D eigenvalue weighted by molar-refractivity contribution is -0.123. The number of anilines is 1. The number of ketones is 1. The molecule has 30 heavy (non-hydrogen) atoms. The van der Waals surface area contributed by atoms with Crippen LogP contribution in [0.5, 0.6) is 0 Å². The van der Waals surface area contributed by atoms with Gasteiger partial charge < -0.3 is 9.73 Å². The van der Waals surface area contributed by atoms with Gasteiger partial charge in [-0.2, -0.15) is 0 Å². The highest BCUT2D eigenvalue weighted by Crippen LogP contribution is 2.29. The van der Waals surface area contributed by atoms with Gasteiger partial charge in [-0.3, -0.25) is 9.59 Å². The average Bonchev–Trinajstić information content (AvgIpc) is 3.15. The standard InChI is InChI=1S/C23H25N3O3S/c1-14-8-6-7-9-18(14)20-25-26-22(29-20)30-15(2)19(27)16-10-12-17(13-11-16)24-21(28)23(3,4)5/h6-13,15H,1-5H3,(H,24,28)/t15-/m0/s1. The Kier molecular flexibility index (Phi) is 6.41. The monoisotopic (exact) mass is 423 g/mol. The molecule has 1 aromatic heterocycles. The van der Waals surface area contributed by atoms with Crippen molar-refractivity contribution in [2.75, 3.05) is 5.32 Å². The van der Waals surface area contributed by atoms with E-state index in [0.717, 1.165) is 11.1 Å². The Labute approximate surface area is 180 Å². The van der Waals surface area contributed by atoms with Crippen LogP contribution in [0.2, 0.25) is 0 Å². The minimum Gasteiger partial charge on any atom is -0.411 e. The normalized spacial score (nSPS) is 12.4. The highest BCUT2D eigenvalue weighted by atomic mass is 32.2. The van der Waals surface area contributed by atoms with Crippen LogP contribution in [0.25, 0.3) is 11.5 Å². The summed E-state index contributed by atoms with van der Waals surface area (Å²) >= 11 is 1.23. The lowest BCUT2D eigenvalue weighted by atomic mass is 9.95. The molecular formula is C23H25N3O3S. The number of hydrogen-bond acceptors (Lipinski definition) is 6. The molecule has 1 heterocycles. The highest BCUT2D eigenvalue weighted by Gasteiger charge is 2.22. The van der Waals surface area contributed by atoms with Gasteiger partial charge in [-0.1, -0.05) is 50.7 Å². The molecule has 0 spiro atoms. The third-order valence-corrected chi connectivity index (χ3v) is 5.47. The molecule has 1 atom stereocenters. The Morgan fingerprint density at radius 2 is 1.70 bits per heavy atom. The molecule has 2 aromatic carbocycles. The second-order valence-electron chi connectivity index (χ2n) is 8.09. The third kappa shape index (κ3) is 5.16. The fraction of sp³-hybridized carbons (Fsp3) is 0.304. The molecule has 0 radical (unpaired) electrons. The summed E-state index contributed by atoms with van der Waals surface area (Å²) in [5.41, 5.74) is 2.65. The SMILES string of the molecule is Cc1ccccc1-c1nnc(S[C@@H](C)C(=O)c2ccc(NC(=O)C(C)(C)C)cc2)o1. The smallest absolute Gasteiger partial charge is 0.277 e. The molecule has 0 saturated heterocycles. The van der Waals surface area contributed by atoms with Gasteiger partial charge in [0, 0.05) is 22.2 Å². The predicted octanol–water partition coefficient (Wildman–Crippen LogP) is 5.39. The Hall–Kier alpha value is -2.93. The van der Waals surface area contributed by atoms with E-state index in [1.54, 1.807) is 31.2 Å². The van der Waals surface area contributed by atoms with E-state index in [-0.39, 0.29) is 11.7 Å². The first-order chi connectivity index (χ1) is 14.1. The van der Waals surface area contributed by atoms with Crippen molar-refractivity contribution in [2.45, 2.75) is 45.1 Å². The van der Waals surface area contributed by atoms with Crippen LogP contribution in [0.4, 0.5) is 5.69 Å². The van der Waals surface area contributed by atoms with E-state index in [4.69, 9.17) is 4.42 Å². The van der Waals surface area contributed by atoms with E-state index < -0.39 is 10.7 Å². The predicted molar refractivity (Wildman–Crippen MR) is 119 cm³/mol. The van der Waals surface area contributed by atoms with Crippen LogP contribution in [0.3, 0.4) is 0 Å². The molecule has 0 saturated carbocycles. The van der Waals surface area contributed by atoms with Crippen LogP contribution in [-0.4, -0.2) is 27.1 Å². The van der Waals surface area contributed by atoms with Gasteiger partial charge in [0.2, 0.25) is 11.8 Å². The lowest BCUT2D eigenvalue weighted by Gasteiger charge is -2.17. The number of hydrogen-bond donors (Lipinski definition) is 1. The van der Waals surface area contributed by atoms with Gasteiger partial charge in [0.25, 0.3) is 5.22 Å². The summed E-state index contributed by atoms with van der Waals surface area (Å²) in [6, 6.07) is 14.7. The van der Waals surface area contributed by atoms with Crippen LogP contribution < -0.4 is 5.32 Å². The van der Waals surface area contributed by atoms with Gasteiger partial charge in [-0.05, 0) is 49.7 Å². The number of rotatable bonds is 6. The van der Waals surface area contributed by atoms with Crippen molar-refractivity contribution in [2.24, 2.45) is 5.41 Å². The molecule has 0 aliphatic heterocycles. The number of thioether (sulfide) groups is 1. The Morgan fingerprint density at radius 1 is 1.03 bits per heavy atom. The summed E-state index contributed by atoms with van der Waals surface area (Å²) in [6.45, 7) is 9.33. The maximum atomic E-state index is 12.8. The lowest BCUT2D eigenvalue weighted by Crippen LogP contribution is -2.27. The van der Waals surface area contributed by atoms with Crippen molar-refractivity contribution in [3.8, 4) is 11.5 Å². The molecule has 7 heteroatoms. The molecule has 6 nitrogen and oxygen atoms in total. The highest BCUT2D eigenvalue weighted by molar-refractivity contribution is 8.00. The fourth-order valence-electron chi connectivity index (χ4n) is 2.65. The van der Waals surface area contributed by atoms with Gasteiger partial charge in [0.15, 0.2) is 5.78 Å². The maximum Gasteiger partial charge on any atom is 0.277 e. The number of carbonyl (C=O) groups excluding carboxylic acids is 2. The first-order valence-electron chi connectivity index (χ1n) is 9.67. The fourth-order valence-corrected chi connectivity index (χ4v) is 3.42. The summed E-state index contributed by atoms with van der Waals surface area (Å²) in [5, 5.41) is 11.0. The zero-order valence-corrected chi connectivity index (χ0v) is 18.5. The van der Waals surface area contributed by atoms with Gasteiger partial charge in [-0.15, -0.1) is 10.2 Å². The summed E-state index contributed by atoms with van der Waals surface area (Å²) in [6.07, 6.45) is 0. The minimum atomic E-state index is -0.485. The molecule has 0 unspecified atom stereocenters. The third-order valence-electron chi connectivity index (χ3n) is 4.54. The molecule has 0 bridgehead atoms. The van der Waals surface area contributed by atoms with Gasteiger partial charge >= 0.3 is 0 Å². The van der Waals surface area contributed by atoms with Crippen LogP contribution in [0, 0.1) is 12.3 Å². The maximum absolute atomic E-state index is 12.8. The van der Waals surface area contributed by atoms with Crippen molar-refractivity contribution in [1.29, 1.82) is 0 Å². The number of amides is 1. The molecule has 1 amide bonds. The molecule has 3 rings (SSSR count). The zero-order chi connectivity index (χ0) is 21.9. The molecule has 156 valence electrons. The molecule has 0 fully saturated rings. The molecule has 0 aliphatic rings. The number of nitrogens with zero attached hydrogens (tertiary/aromatic N) is 2. The van der Waals surface area contributed by atoms with Gasteiger partial charge in [0.05, 0.1) is 5.25 Å². The summed E-state index contributed by atoms with van der Waals surface area (Å²) in [7, 11) is 0. The number of benzene rings is 2. The second kappa shape index (κ2) is 8.83.